The Morgan fingerprint density at radius 2 is 2.36 bits per heavy atom. The molecule has 14 heavy (non-hydrogen) atoms. The molecule has 0 aromatic heterocycles. The summed E-state index contributed by atoms with van der Waals surface area (Å²) in [6, 6.07) is 0. The zero-order chi connectivity index (χ0) is 10.1. The maximum absolute atomic E-state index is 5.52. The van der Waals surface area contributed by atoms with Crippen molar-refractivity contribution in [1.82, 2.24) is 5.32 Å². The normalized spacial score (nSPS) is 21.8. The van der Waals surface area contributed by atoms with Crippen LogP contribution in [0, 0.1) is 18.3 Å². The lowest BCUT2D eigenvalue weighted by Crippen LogP contribution is -2.30. The molecule has 0 radical (unpaired) electrons. The van der Waals surface area contributed by atoms with Crippen molar-refractivity contribution >= 4 is 0 Å². The van der Waals surface area contributed by atoms with Gasteiger partial charge in [0, 0.05) is 19.6 Å². The van der Waals surface area contributed by atoms with Gasteiger partial charge in [-0.05, 0) is 44.7 Å². The Balaban J connectivity index is 1.85. The van der Waals surface area contributed by atoms with Crippen LogP contribution in [0.2, 0.25) is 0 Å². The molecule has 2 heteroatoms. The molecule has 0 aliphatic carbocycles. The van der Waals surface area contributed by atoms with E-state index in [0.717, 1.165) is 32.0 Å². The number of ether oxygens (including phenoxy) is 1. The van der Waals surface area contributed by atoms with Crippen LogP contribution in [0.3, 0.4) is 0 Å². The lowest BCUT2D eigenvalue weighted by atomic mass is 9.97. The maximum Gasteiger partial charge on any atom is 0.0475 e. The average molecular weight is 195 g/mol. The molecule has 1 heterocycles. The summed E-state index contributed by atoms with van der Waals surface area (Å²) < 4.78 is 5.52. The quantitative estimate of drug-likeness (QED) is 0.515. The second-order valence-electron chi connectivity index (χ2n) is 3.92. The molecule has 1 N–H and O–H groups in total. The van der Waals surface area contributed by atoms with Crippen LogP contribution in [0.4, 0.5) is 0 Å². The third kappa shape index (κ3) is 5.26. The van der Waals surface area contributed by atoms with E-state index in [4.69, 9.17) is 11.2 Å². The summed E-state index contributed by atoms with van der Waals surface area (Å²) in [5.74, 6) is 3.45. The minimum Gasteiger partial charge on any atom is -0.381 e. The van der Waals surface area contributed by atoms with Gasteiger partial charge in [-0.25, -0.2) is 0 Å². The average Bonchev–Trinajstić information content (AvgIpc) is 2.25. The first-order valence-corrected chi connectivity index (χ1v) is 5.65. The lowest BCUT2D eigenvalue weighted by Gasteiger charge is -2.22. The predicted octanol–water partition coefficient (Wildman–Crippen LogP) is 1.81. The monoisotopic (exact) mass is 195 g/mol. The highest BCUT2D eigenvalue weighted by Crippen LogP contribution is 2.13. The van der Waals surface area contributed by atoms with E-state index in [1.165, 1.54) is 32.4 Å². The van der Waals surface area contributed by atoms with Gasteiger partial charge in [-0.3, -0.25) is 0 Å². The molecule has 1 atom stereocenters. The van der Waals surface area contributed by atoms with E-state index in [2.05, 4.69) is 11.2 Å². The summed E-state index contributed by atoms with van der Waals surface area (Å²) in [4.78, 5) is 0. The van der Waals surface area contributed by atoms with Gasteiger partial charge in [0.15, 0.2) is 0 Å². The minimum absolute atomic E-state index is 0.824. The molecule has 2 nitrogen and oxygen atoms in total. The minimum atomic E-state index is 0.824. The zero-order valence-electron chi connectivity index (χ0n) is 8.93. The number of rotatable bonds is 6. The van der Waals surface area contributed by atoms with Gasteiger partial charge in [0.2, 0.25) is 0 Å². The van der Waals surface area contributed by atoms with E-state index < -0.39 is 0 Å². The number of hydrogen-bond donors (Lipinski definition) is 1. The Bertz CT molecular complexity index is 168. The second-order valence-corrected chi connectivity index (χ2v) is 3.92. The van der Waals surface area contributed by atoms with Gasteiger partial charge in [-0.2, -0.15) is 0 Å². The Kier molecular flexibility index (Phi) is 6.47. The molecular weight excluding hydrogens is 174 g/mol. The standard InChI is InChI=1S/C12H21NO/c1-2-3-4-9-14-10-7-12-6-5-8-13-11-12/h1,12-13H,3-11H2. The molecule has 1 rings (SSSR count). The molecule has 1 aliphatic heterocycles. The number of unbranched alkanes of at least 4 members (excludes halogenated alkanes) is 1. The van der Waals surface area contributed by atoms with Crippen LogP contribution in [0.25, 0.3) is 0 Å². The van der Waals surface area contributed by atoms with Crippen LogP contribution in [-0.2, 0) is 4.74 Å². The lowest BCUT2D eigenvalue weighted by molar-refractivity contribution is 0.114. The van der Waals surface area contributed by atoms with E-state index in [1.807, 2.05) is 0 Å². The van der Waals surface area contributed by atoms with Gasteiger partial charge in [-0.15, -0.1) is 12.3 Å². The van der Waals surface area contributed by atoms with Crippen molar-refractivity contribution in [3.8, 4) is 12.3 Å². The Morgan fingerprint density at radius 1 is 1.43 bits per heavy atom. The summed E-state index contributed by atoms with van der Waals surface area (Å²) in [5.41, 5.74) is 0. The van der Waals surface area contributed by atoms with E-state index in [9.17, 15) is 0 Å². The van der Waals surface area contributed by atoms with E-state index in [0.29, 0.717) is 0 Å². The van der Waals surface area contributed by atoms with Crippen molar-refractivity contribution in [2.24, 2.45) is 5.92 Å². The fourth-order valence-corrected chi connectivity index (χ4v) is 1.80. The SMILES string of the molecule is C#CCCCOCCC1CCCNC1. The van der Waals surface area contributed by atoms with Gasteiger partial charge >= 0.3 is 0 Å². The first-order chi connectivity index (χ1) is 6.93. The van der Waals surface area contributed by atoms with Crippen molar-refractivity contribution in [3.05, 3.63) is 0 Å². The van der Waals surface area contributed by atoms with Crippen molar-refractivity contribution in [2.75, 3.05) is 26.3 Å². The summed E-state index contributed by atoms with van der Waals surface area (Å²) in [5, 5.41) is 3.41. The smallest absolute Gasteiger partial charge is 0.0475 e. The molecule has 0 bridgehead atoms. The summed E-state index contributed by atoms with van der Waals surface area (Å²) >= 11 is 0. The molecular formula is C12H21NO. The highest BCUT2D eigenvalue weighted by atomic mass is 16.5. The molecule has 1 unspecified atom stereocenters. The topological polar surface area (TPSA) is 21.3 Å². The molecule has 80 valence electrons. The van der Waals surface area contributed by atoms with Crippen LogP contribution in [-0.4, -0.2) is 26.3 Å². The number of nitrogens with one attached hydrogen (secondary N) is 1. The van der Waals surface area contributed by atoms with Crippen LogP contribution in [0.15, 0.2) is 0 Å². The highest BCUT2D eigenvalue weighted by molar-refractivity contribution is 4.82. The predicted molar refractivity (Wildman–Crippen MR) is 59.1 cm³/mol. The van der Waals surface area contributed by atoms with Crippen molar-refractivity contribution < 1.29 is 4.74 Å². The maximum atomic E-state index is 5.52. The van der Waals surface area contributed by atoms with Crippen molar-refractivity contribution in [1.29, 1.82) is 0 Å². The molecule has 1 saturated heterocycles. The van der Waals surface area contributed by atoms with E-state index >= 15 is 0 Å². The summed E-state index contributed by atoms with van der Waals surface area (Å²) in [7, 11) is 0. The number of piperidine rings is 1. The fraction of sp³-hybridized carbons (Fsp3) is 0.833. The van der Waals surface area contributed by atoms with Crippen LogP contribution in [0.5, 0.6) is 0 Å². The highest BCUT2D eigenvalue weighted by Gasteiger charge is 2.11. The molecule has 1 fully saturated rings. The first kappa shape index (κ1) is 11.6. The van der Waals surface area contributed by atoms with E-state index in [1.54, 1.807) is 0 Å². The van der Waals surface area contributed by atoms with E-state index in [-0.39, 0.29) is 0 Å². The number of terminal acetylenes is 1. The van der Waals surface area contributed by atoms with Crippen molar-refractivity contribution in [3.63, 3.8) is 0 Å². The van der Waals surface area contributed by atoms with Gasteiger partial charge < -0.3 is 10.1 Å². The third-order valence-electron chi connectivity index (χ3n) is 2.68. The summed E-state index contributed by atoms with van der Waals surface area (Å²) in [6.07, 6.45) is 10.9. The Labute approximate surface area is 87.4 Å². The first-order valence-electron chi connectivity index (χ1n) is 5.65. The fourth-order valence-electron chi connectivity index (χ4n) is 1.80. The van der Waals surface area contributed by atoms with Gasteiger partial charge in [-0.1, -0.05) is 0 Å². The molecule has 0 aromatic carbocycles. The van der Waals surface area contributed by atoms with Crippen LogP contribution >= 0.6 is 0 Å². The van der Waals surface area contributed by atoms with Crippen molar-refractivity contribution in [2.45, 2.75) is 32.1 Å². The second kappa shape index (κ2) is 7.84. The van der Waals surface area contributed by atoms with Crippen LogP contribution in [0.1, 0.15) is 32.1 Å². The molecule has 1 aliphatic rings. The summed E-state index contributed by atoms with van der Waals surface area (Å²) in [6.45, 7) is 4.09. The molecule has 0 spiro atoms. The molecule has 0 aromatic rings. The molecule has 0 amide bonds. The Hall–Kier alpha value is -0.520. The zero-order valence-corrected chi connectivity index (χ0v) is 8.93. The molecule has 0 saturated carbocycles. The Morgan fingerprint density at radius 3 is 3.07 bits per heavy atom. The largest absolute Gasteiger partial charge is 0.381 e. The van der Waals surface area contributed by atoms with Gasteiger partial charge in [0.25, 0.3) is 0 Å². The third-order valence-corrected chi connectivity index (χ3v) is 2.68. The van der Waals surface area contributed by atoms with Crippen LogP contribution < -0.4 is 5.32 Å². The van der Waals surface area contributed by atoms with Gasteiger partial charge in [0.05, 0.1) is 0 Å². The number of hydrogen-bond acceptors (Lipinski definition) is 2. The van der Waals surface area contributed by atoms with Gasteiger partial charge in [0.1, 0.15) is 0 Å².